The molecule has 2 heterocycles. The van der Waals surface area contributed by atoms with Gasteiger partial charge in [0, 0.05) is 18.1 Å². The normalized spacial score (nSPS) is 19.3. The first-order valence-electron chi connectivity index (χ1n) is 10.0. The van der Waals surface area contributed by atoms with Crippen LogP contribution < -0.4 is 10.6 Å². The highest BCUT2D eigenvalue weighted by Gasteiger charge is 2.51. The summed E-state index contributed by atoms with van der Waals surface area (Å²) >= 11 is 0. The van der Waals surface area contributed by atoms with Crippen molar-refractivity contribution in [1.82, 2.24) is 25.1 Å². The summed E-state index contributed by atoms with van der Waals surface area (Å²) in [5.41, 5.74) is 1.11. The molecule has 2 N–H and O–H groups in total. The molecule has 2 aromatic rings. The van der Waals surface area contributed by atoms with Crippen LogP contribution in [0.15, 0.2) is 43.0 Å². The molecule has 1 spiro atoms. The summed E-state index contributed by atoms with van der Waals surface area (Å²) in [6.07, 6.45) is 9.49. The number of nitrogens with zero attached hydrogens (tertiary/aromatic N) is 3. The third-order valence-corrected chi connectivity index (χ3v) is 5.83. The van der Waals surface area contributed by atoms with E-state index in [9.17, 15) is 14.4 Å². The van der Waals surface area contributed by atoms with Gasteiger partial charge in [-0.3, -0.25) is 14.5 Å². The maximum atomic E-state index is 12.8. The molecule has 8 heteroatoms. The molecule has 1 saturated heterocycles. The van der Waals surface area contributed by atoms with E-state index in [-0.39, 0.29) is 24.4 Å². The molecule has 1 aromatic carbocycles. The molecule has 1 aromatic heterocycles. The number of amides is 4. The molecule has 8 nitrogen and oxygen atoms in total. The van der Waals surface area contributed by atoms with Gasteiger partial charge in [0.1, 0.15) is 12.1 Å². The summed E-state index contributed by atoms with van der Waals surface area (Å²) < 4.78 is 1.89. The Morgan fingerprint density at radius 2 is 1.93 bits per heavy atom. The zero-order valence-electron chi connectivity index (χ0n) is 16.4. The van der Waals surface area contributed by atoms with Crippen molar-refractivity contribution in [2.45, 2.75) is 50.6 Å². The average molecular weight is 395 g/mol. The molecule has 1 saturated carbocycles. The summed E-state index contributed by atoms with van der Waals surface area (Å²) in [7, 11) is 0. The molecular weight excluding hydrogens is 370 g/mol. The molecule has 4 amide bonds. The number of hydrogen-bond donors (Lipinski definition) is 2. The van der Waals surface area contributed by atoms with E-state index < -0.39 is 11.6 Å². The minimum atomic E-state index is -0.801. The van der Waals surface area contributed by atoms with Crippen molar-refractivity contribution in [3.8, 4) is 5.69 Å². The van der Waals surface area contributed by atoms with Crippen molar-refractivity contribution in [3.63, 3.8) is 0 Å². The van der Waals surface area contributed by atoms with Gasteiger partial charge in [0.2, 0.25) is 5.91 Å². The number of nitrogens with one attached hydrogen (secondary N) is 2. The zero-order valence-corrected chi connectivity index (χ0v) is 16.4. The lowest BCUT2D eigenvalue weighted by Crippen LogP contribution is -2.49. The molecule has 1 atom stereocenters. The highest BCUT2D eigenvalue weighted by Crippen LogP contribution is 2.33. The maximum Gasteiger partial charge on any atom is 0.325 e. The van der Waals surface area contributed by atoms with Crippen molar-refractivity contribution < 1.29 is 14.4 Å². The highest BCUT2D eigenvalue weighted by atomic mass is 16.2. The van der Waals surface area contributed by atoms with E-state index >= 15 is 0 Å². The van der Waals surface area contributed by atoms with Gasteiger partial charge in [-0.05, 0) is 37.5 Å². The Bertz CT molecular complexity index is 901. The molecule has 4 rings (SSSR count). The molecule has 1 aliphatic carbocycles. The van der Waals surface area contributed by atoms with Crippen LogP contribution in [-0.2, 0) is 9.59 Å². The molecule has 2 fully saturated rings. The van der Waals surface area contributed by atoms with Crippen LogP contribution in [0.4, 0.5) is 4.79 Å². The smallest absolute Gasteiger partial charge is 0.325 e. The Labute approximate surface area is 169 Å². The van der Waals surface area contributed by atoms with Gasteiger partial charge in [0.05, 0.1) is 12.4 Å². The molecule has 1 aliphatic heterocycles. The maximum absolute atomic E-state index is 12.8. The molecule has 2 aliphatic rings. The zero-order chi connectivity index (χ0) is 20.4. The number of carbonyl (C=O) groups is 3. The number of imidazole rings is 1. The Kier molecular flexibility index (Phi) is 5.08. The number of aromatic nitrogens is 2. The van der Waals surface area contributed by atoms with Gasteiger partial charge < -0.3 is 15.2 Å². The monoisotopic (exact) mass is 395 g/mol. The first kappa shape index (κ1) is 19.2. The van der Waals surface area contributed by atoms with E-state index in [1.165, 1.54) is 0 Å². The quantitative estimate of drug-likeness (QED) is 0.760. The summed E-state index contributed by atoms with van der Waals surface area (Å²) in [5, 5.41) is 5.71. The van der Waals surface area contributed by atoms with Crippen LogP contribution in [0.3, 0.4) is 0 Å². The molecule has 0 radical (unpaired) electrons. The summed E-state index contributed by atoms with van der Waals surface area (Å²) in [4.78, 5) is 42.7. The first-order valence-corrected chi connectivity index (χ1v) is 10.0. The molecular formula is C21H25N5O3. The lowest BCUT2D eigenvalue weighted by molar-refractivity contribution is -0.136. The van der Waals surface area contributed by atoms with Crippen LogP contribution in [0.2, 0.25) is 0 Å². The van der Waals surface area contributed by atoms with Crippen molar-refractivity contribution in [1.29, 1.82) is 0 Å². The van der Waals surface area contributed by atoms with E-state index in [0.717, 1.165) is 35.4 Å². The van der Waals surface area contributed by atoms with Crippen LogP contribution in [-0.4, -0.2) is 44.4 Å². The van der Waals surface area contributed by atoms with E-state index in [2.05, 4.69) is 15.6 Å². The number of benzene rings is 1. The third-order valence-electron chi connectivity index (χ3n) is 5.83. The van der Waals surface area contributed by atoms with Crippen LogP contribution in [0.5, 0.6) is 0 Å². The highest BCUT2D eigenvalue weighted by molar-refractivity contribution is 6.09. The van der Waals surface area contributed by atoms with Crippen LogP contribution in [0.25, 0.3) is 5.69 Å². The van der Waals surface area contributed by atoms with Gasteiger partial charge in [-0.15, -0.1) is 0 Å². The van der Waals surface area contributed by atoms with Gasteiger partial charge in [-0.1, -0.05) is 31.4 Å². The standard InChI is InChI=1S/C21H25N5O3/c1-15(16-5-7-17(8-6-16)25-12-11-22-14-25)23-18(27)13-26-19(28)21(24-20(26)29)9-3-2-4-10-21/h5-8,11-12,14-15H,2-4,9-10,13H2,1H3,(H,23,27)(H,24,29). The van der Waals surface area contributed by atoms with Crippen LogP contribution in [0, 0.1) is 0 Å². The molecule has 152 valence electrons. The van der Waals surface area contributed by atoms with E-state index in [4.69, 9.17) is 0 Å². The molecule has 0 bridgehead atoms. The Hall–Kier alpha value is -3.16. The first-order chi connectivity index (χ1) is 14.0. The summed E-state index contributed by atoms with van der Waals surface area (Å²) in [6, 6.07) is 7.05. The van der Waals surface area contributed by atoms with Crippen molar-refractivity contribution in [2.24, 2.45) is 0 Å². The summed E-state index contributed by atoms with van der Waals surface area (Å²) in [5.74, 6) is -0.623. The second-order valence-corrected chi connectivity index (χ2v) is 7.81. The van der Waals surface area contributed by atoms with Gasteiger partial charge >= 0.3 is 6.03 Å². The third kappa shape index (κ3) is 3.74. The fraction of sp³-hybridized carbons (Fsp3) is 0.429. The van der Waals surface area contributed by atoms with Gasteiger partial charge in [0.15, 0.2) is 0 Å². The second-order valence-electron chi connectivity index (χ2n) is 7.81. The Balaban J connectivity index is 1.37. The number of imide groups is 1. The molecule has 1 unspecified atom stereocenters. The van der Waals surface area contributed by atoms with E-state index in [1.54, 1.807) is 12.5 Å². The van der Waals surface area contributed by atoms with E-state index in [1.807, 2.05) is 42.0 Å². The number of rotatable bonds is 5. The van der Waals surface area contributed by atoms with Crippen molar-refractivity contribution >= 4 is 17.8 Å². The second kappa shape index (κ2) is 7.69. The predicted molar refractivity (Wildman–Crippen MR) is 106 cm³/mol. The minimum Gasteiger partial charge on any atom is -0.348 e. The number of hydrogen-bond acceptors (Lipinski definition) is 4. The topological polar surface area (TPSA) is 96.3 Å². The largest absolute Gasteiger partial charge is 0.348 e. The number of urea groups is 1. The lowest BCUT2D eigenvalue weighted by atomic mass is 9.82. The minimum absolute atomic E-state index is 0.247. The summed E-state index contributed by atoms with van der Waals surface area (Å²) in [6.45, 7) is 1.61. The van der Waals surface area contributed by atoms with Gasteiger partial charge in [0.25, 0.3) is 5.91 Å². The SMILES string of the molecule is CC(NC(=O)CN1C(=O)NC2(CCCCC2)C1=O)c1ccc(-n2ccnc2)cc1. The lowest BCUT2D eigenvalue weighted by Gasteiger charge is -2.30. The predicted octanol–water partition coefficient (Wildman–Crippen LogP) is 2.30. The van der Waals surface area contributed by atoms with Gasteiger partial charge in [-0.2, -0.15) is 0 Å². The molecule has 29 heavy (non-hydrogen) atoms. The van der Waals surface area contributed by atoms with Crippen molar-refractivity contribution in [3.05, 3.63) is 48.5 Å². The van der Waals surface area contributed by atoms with Gasteiger partial charge in [-0.25, -0.2) is 9.78 Å². The van der Waals surface area contributed by atoms with Crippen LogP contribution >= 0.6 is 0 Å². The fourth-order valence-corrected chi connectivity index (χ4v) is 4.18. The van der Waals surface area contributed by atoms with Crippen molar-refractivity contribution in [2.75, 3.05) is 6.54 Å². The van der Waals surface area contributed by atoms with Crippen LogP contribution in [0.1, 0.15) is 50.6 Å². The number of carbonyl (C=O) groups excluding carboxylic acids is 3. The van der Waals surface area contributed by atoms with E-state index in [0.29, 0.717) is 12.8 Å². The Morgan fingerprint density at radius 3 is 2.59 bits per heavy atom. The average Bonchev–Trinajstić information content (AvgIpc) is 3.33. The Morgan fingerprint density at radius 1 is 1.21 bits per heavy atom. The fourth-order valence-electron chi connectivity index (χ4n) is 4.18.